The van der Waals surface area contributed by atoms with Crippen molar-refractivity contribution in [2.75, 3.05) is 54.1 Å². The third-order valence-electron chi connectivity index (χ3n) is 7.97. The summed E-state index contributed by atoms with van der Waals surface area (Å²) in [5, 5.41) is 6.81. The molecular weight excluding hydrogens is 648 g/mol. The number of hydrogen-bond acceptors (Lipinski definition) is 9. The first-order valence-corrected chi connectivity index (χ1v) is 16.2. The number of fused-ring (bicyclic) bond motifs is 1. The molecule has 258 valence electrons. The maximum atomic E-state index is 12.7. The smallest absolute Gasteiger partial charge is 0.255 e. The molecule has 1 amide bonds. The Morgan fingerprint density at radius 2 is 1.24 bits per heavy atom. The summed E-state index contributed by atoms with van der Waals surface area (Å²) in [4.78, 5) is 12.7. The number of methoxy groups -OCH3 is 5. The van der Waals surface area contributed by atoms with E-state index in [-0.39, 0.29) is 5.91 Å². The van der Waals surface area contributed by atoms with Crippen molar-refractivity contribution >= 4 is 35.3 Å². The van der Waals surface area contributed by atoms with Crippen LogP contribution in [0.1, 0.15) is 52.5 Å². The Morgan fingerprint density at radius 3 is 1.92 bits per heavy atom. The molecule has 0 fully saturated rings. The Hall–Kier alpha value is -5.22. The molecule has 11 heteroatoms. The third-order valence-corrected chi connectivity index (χ3v) is 8.20. The molecule has 0 spiro atoms. The molecule has 4 aromatic rings. The predicted octanol–water partition coefficient (Wildman–Crippen LogP) is 8.04. The molecule has 1 heterocycles. The number of carbonyl (C=O) groups excluding carboxylic acids is 1. The van der Waals surface area contributed by atoms with Crippen molar-refractivity contribution in [3.8, 4) is 40.2 Å². The summed E-state index contributed by atoms with van der Waals surface area (Å²) in [5.41, 5.74) is 3.92. The fraction of sp³-hybridized carbons (Fsp3) is 0.289. The normalized spacial score (nSPS) is 13.6. The van der Waals surface area contributed by atoms with Gasteiger partial charge < -0.3 is 43.8 Å². The highest BCUT2D eigenvalue weighted by molar-refractivity contribution is 6.31. The van der Waals surface area contributed by atoms with Crippen LogP contribution in [0.4, 0.5) is 5.69 Å². The molecule has 0 radical (unpaired) electrons. The lowest BCUT2D eigenvalue weighted by Gasteiger charge is -2.28. The largest absolute Gasteiger partial charge is 0.493 e. The molecule has 0 bridgehead atoms. The SMILES string of the molecule is COc1cc(C2NC(=O)c3cc(Cl)ccc3N2)ccc1OCCCCCOc1cc(/C=C/c2cc(OC)c(OC)c(OC)c2)ccc1OC. The number of nitrogens with one attached hydrogen (secondary N) is 2. The monoisotopic (exact) mass is 688 g/mol. The van der Waals surface area contributed by atoms with Crippen molar-refractivity contribution in [1.82, 2.24) is 5.32 Å². The first-order chi connectivity index (χ1) is 23.9. The van der Waals surface area contributed by atoms with Crippen molar-refractivity contribution in [3.63, 3.8) is 0 Å². The van der Waals surface area contributed by atoms with E-state index in [9.17, 15) is 4.79 Å². The van der Waals surface area contributed by atoms with E-state index in [4.69, 9.17) is 44.8 Å². The molecule has 1 aliphatic rings. The molecule has 5 rings (SSSR count). The average molecular weight is 689 g/mol. The van der Waals surface area contributed by atoms with Crippen molar-refractivity contribution in [2.45, 2.75) is 25.4 Å². The van der Waals surface area contributed by atoms with Crippen LogP contribution in [0.5, 0.6) is 40.2 Å². The molecule has 2 N–H and O–H groups in total. The Balaban J connectivity index is 1.10. The third kappa shape index (κ3) is 8.63. The van der Waals surface area contributed by atoms with Gasteiger partial charge in [0.15, 0.2) is 34.5 Å². The number of rotatable bonds is 16. The van der Waals surface area contributed by atoms with E-state index in [0.717, 1.165) is 41.6 Å². The fourth-order valence-corrected chi connectivity index (χ4v) is 5.60. The van der Waals surface area contributed by atoms with Gasteiger partial charge in [-0.3, -0.25) is 4.79 Å². The van der Waals surface area contributed by atoms with Gasteiger partial charge in [-0.1, -0.05) is 35.9 Å². The van der Waals surface area contributed by atoms with Crippen LogP contribution in [-0.4, -0.2) is 54.7 Å². The molecule has 10 nitrogen and oxygen atoms in total. The molecule has 1 atom stereocenters. The summed E-state index contributed by atoms with van der Waals surface area (Å²) in [6.07, 6.45) is 6.13. The standard InChI is InChI=1S/C38H41ClN2O8/c1-43-30-15-11-24(9-10-25-20-34(45-3)36(47-5)35(21-25)46-4)19-33(30)49-18-8-6-7-17-48-31-16-12-26(22-32(31)44-2)37-40-29-14-13-27(39)23-28(29)38(42)41-37/h9-16,19-23,37,40H,6-8,17-18H2,1-5H3,(H,41,42)/b10-9+. The van der Waals surface area contributed by atoms with Crippen molar-refractivity contribution in [3.05, 3.63) is 94.0 Å². The van der Waals surface area contributed by atoms with Crippen LogP contribution in [-0.2, 0) is 0 Å². The minimum absolute atomic E-state index is 0.194. The van der Waals surface area contributed by atoms with Gasteiger partial charge in [-0.05, 0) is 90.6 Å². The first-order valence-electron chi connectivity index (χ1n) is 15.8. The first kappa shape index (κ1) is 35.1. The summed E-state index contributed by atoms with van der Waals surface area (Å²) in [7, 11) is 7.99. The van der Waals surface area contributed by atoms with E-state index in [0.29, 0.717) is 64.0 Å². The van der Waals surface area contributed by atoms with Gasteiger partial charge in [-0.2, -0.15) is 0 Å². The Kier molecular flexibility index (Phi) is 12.0. The number of halogens is 1. The molecule has 1 unspecified atom stereocenters. The van der Waals surface area contributed by atoms with Crippen LogP contribution in [0.2, 0.25) is 5.02 Å². The van der Waals surface area contributed by atoms with Gasteiger partial charge in [0.1, 0.15) is 6.17 Å². The number of amides is 1. The van der Waals surface area contributed by atoms with Crippen LogP contribution >= 0.6 is 11.6 Å². The topological polar surface area (TPSA) is 106 Å². The zero-order valence-corrected chi connectivity index (χ0v) is 29.0. The molecular formula is C38H41ClN2O8. The number of hydrogen-bond donors (Lipinski definition) is 2. The van der Waals surface area contributed by atoms with Crippen molar-refractivity contribution in [2.24, 2.45) is 0 Å². The highest BCUT2D eigenvalue weighted by Crippen LogP contribution is 2.39. The maximum Gasteiger partial charge on any atom is 0.255 e. The Morgan fingerprint density at radius 1 is 0.612 bits per heavy atom. The predicted molar refractivity (Wildman–Crippen MR) is 191 cm³/mol. The lowest BCUT2D eigenvalue weighted by molar-refractivity contribution is 0.0935. The second-order valence-electron chi connectivity index (χ2n) is 11.1. The van der Waals surface area contributed by atoms with E-state index >= 15 is 0 Å². The number of benzene rings is 4. The van der Waals surface area contributed by atoms with Gasteiger partial charge in [0.05, 0.1) is 54.3 Å². The fourth-order valence-electron chi connectivity index (χ4n) is 5.43. The van der Waals surface area contributed by atoms with Gasteiger partial charge in [0.25, 0.3) is 5.91 Å². The van der Waals surface area contributed by atoms with Crippen LogP contribution < -0.4 is 43.8 Å². The number of anilines is 1. The minimum atomic E-state index is -0.416. The summed E-state index contributed by atoms with van der Waals surface area (Å²) < 4.78 is 39.6. The summed E-state index contributed by atoms with van der Waals surface area (Å²) in [6, 6.07) is 20.4. The van der Waals surface area contributed by atoms with E-state index in [1.54, 1.807) is 53.7 Å². The lowest BCUT2D eigenvalue weighted by Crippen LogP contribution is -2.38. The van der Waals surface area contributed by atoms with E-state index in [1.807, 2.05) is 60.7 Å². The van der Waals surface area contributed by atoms with Crippen molar-refractivity contribution < 1.29 is 38.0 Å². The summed E-state index contributed by atoms with van der Waals surface area (Å²) >= 11 is 6.06. The van der Waals surface area contributed by atoms with Gasteiger partial charge in [0.2, 0.25) is 5.75 Å². The molecule has 49 heavy (non-hydrogen) atoms. The van der Waals surface area contributed by atoms with Crippen LogP contribution in [0, 0.1) is 0 Å². The second kappa shape index (κ2) is 16.7. The minimum Gasteiger partial charge on any atom is -0.493 e. The maximum absolute atomic E-state index is 12.7. The van der Waals surface area contributed by atoms with Crippen LogP contribution in [0.25, 0.3) is 12.2 Å². The molecule has 4 aromatic carbocycles. The summed E-state index contributed by atoms with van der Waals surface area (Å²) in [6.45, 7) is 1.05. The lowest BCUT2D eigenvalue weighted by atomic mass is 10.1. The molecule has 0 aromatic heterocycles. The highest BCUT2D eigenvalue weighted by Gasteiger charge is 2.25. The van der Waals surface area contributed by atoms with Gasteiger partial charge in [-0.15, -0.1) is 0 Å². The molecule has 1 aliphatic heterocycles. The van der Waals surface area contributed by atoms with Crippen LogP contribution in [0.3, 0.4) is 0 Å². The zero-order chi connectivity index (χ0) is 34.8. The number of ether oxygens (including phenoxy) is 7. The van der Waals surface area contributed by atoms with Gasteiger partial charge in [-0.25, -0.2) is 0 Å². The zero-order valence-electron chi connectivity index (χ0n) is 28.3. The molecule has 0 aliphatic carbocycles. The quantitative estimate of drug-likeness (QED) is 0.0894. The highest BCUT2D eigenvalue weighted by atomic mass is 35.5. The van der Waals surface area contributed by atoms with Gasteiger partial charge >= 0.3 is 0 Å². The second-order valence-corrected chi connectivity index (χ2v) is 11.5. The number of carbonyl (C=O) groups is 1. The average Bonchev–Trinajstić information content (AvgIpc) is 3.13. The van der Waals surface area contributed by atoms with Crippen LogP contribution in [0.15, 0.2) is 66.7 Å². The Labute approximate surface area is 291 Å². The molecule has 0 saturated carbocycles. The van der Waals surface area contributed by atoms with Gasteiger partial charge in [0, 0.05) is 10.7 Å². The Bertz CT molecular complexity index is 1770. The van der Waals surface area contributed by atoms with E-state index < -0.39 is 6.17 Å². The summed E-state index contributed by atoms with van der Waals surface area (Å²) in [5.74, 6) is 4.09. The van der Waals surface area contributed by atoms with Crippen molar-refractivity contribution in [1.29, 1.82) is 0 Å². The number of unbranched alkanes of at least 4 members (excludes halogenated alkanes) is 2. The van der Waals surface area contributed by atoms with E-state index in [2.05, 4.69) is 10.6 Å². The van der Waals surface area contributed by atoms with E-state index in [1.165, 1.54) is 0 Å². The molecule has 0 saturated heterocycles.